The molecule has 2 amide bonds. The molecule has 0 bridgehead atoms. The molecule has 146 valence electrons. The van der Waals surface area contributed by atoms with Crippen LogP contribution in [-0.4, -0.2) is 16.9 Å². The molecule has 0 aromatic heterocycles. The zero-order valence-electron chi connectivity index (χ0n) is 14.9. The molecule has 3 aromatic rings. The van der Waals surface area contributed by atoms with E-state index in [1.807, 2.05) is 0 Å². The Bertz CT molecular complexity index is 1070. The van der Waals surface area contributed by atoms with Crippen molar-refractivity contribution in [3.8, 4) is 0 Å². The molecule has 0 spiro atoms. The molecular formula is C21H15ClFN3O2S. The van der Waals surface area contributed by atoms with Crippen molar-refractivity contribution in [3.63, 3.8) is 0 Å². The van der Waals surface area contributed by atoms with Crippen LogP contribution in [-0.2, 0) is 0 Å². The van der Waals surface area contributed by atoms with Crippen molar-refractivity contribution in [3.05, 3.63) is 94.8 Å². The second-order valence-corrected chi connectivity index (χ2v) is 6.81. The topological polar surface area (TPSA) is 70.2 Å². The molecule has 3 N–H and O–H groups in total. The highest BCUT2D eigenvalue weighted by atomic mass is 35.5. The lowest BCUT2D eigenvalue weighted by Crippen LogP contribution is -2.34. The van der Waals surface area contributed by atoms with Gasteiger partial charge >= 0.3 is 0 Å². The normalized spacial score (nSPS) is 10.1. The zero-order chi connectivity index (χ0) is 20.8. The van der Waals surface area contributed by atoms with E-state index < -0.39 is 11.7 Å². The van der Waals surface area contributed by atoms with Gasteiger partial charge in [0.2, 0.25) is 0 Å². The van der Waals surface area contributed by atoms with Crippen LogP contribution in [0.4, 0.5) is 15.8 Å². The van der Waals surface area contributed by atoms with Crippen molar-refractivity contribution >= 4 is 52.1 Å². The molecular weight excluding hydrogens is 413 g/mol. The number of benzene rings is 3. The van der Waals surface area contributed by atoms with E-state index in [9.17, 15) is 14.0 Å². The Morgan fingerprint density at radius 3 is 2.00 bits per heavy atom. The van der Waals surface area contributed by atoms with Gasteiger partial charge in [0.1, 0.15) is 5.82 Å². The molecule has 0 fully saturated rings. The van der Waals surface area contributed by atoms with Crippen molar-refractivity contribution in [2.75, 3.05) is 10.6 Å². The summed E-state index contributed by atoms with van der Waals surface area (Å²) in [5.41, 5.74) is 1.79. The maximum atomic E-state index is 13.2. The lowest BCUT2D eigenvalue weighted by Gasteiger charge is -2.11. The van der Waals surface area contributed by atoms with Crippen molar-refractivity contribution in [1.82, 2.24) is 5.32 Å². The van der Waals surface area contributed by atoms with E-state index >= 15 is 0 Å². The van der Waals surface area contributed by atoms with Crippen molar-refractivity contribution in [2.45, 2.75) is 0 Å². The Labute approximate surface area is 176 Å². The van der Waals surface area contributed by atoms with Crippen LogP contribution < -0.4 is 16.0 Å². The summed E-state index contributed by atoms with van der Waals surface area (Å²) in [5.74, 6) is -1.31. The summed E-state index contributed by atoms with van der Waals surface area (Å²) in [4.78, 5) is 24.3. The van der Waals surface area contributed by atoms with Gasteiger partial charge in [-0.1, -0.05) is 23.7 Å². The highest BCUT2D eigenvalue weighted by Crippen LogP contribution is 2.16. The van der Waals surface area contributed by atoms with E-state index in [4.69, 9.17) is 23.8 Å². The lowest BCUT2D eigenvalue weighted by molar-refractivity contribution is 0.0976. The van der Waals surface area contributed by atoms with Crippen molar-refractivity contribution < 1.29 is 14.0 Å². The Morgan fingerprint density at radius 1 is 0.793 bits per heavy atom. The van der Waals surface area contributed by atoms with E-state index in [0.717, 1.165) is 6.07 Å². The van der Waals surface area contributed by atoms with Gasteiger partial charge in [0, 0.05) is 27.5 Å². The van der Waals surface area contributed by atoms with E-state index in [2.05, 4.69) is 16.0 Å². The SMILES string of the molecule is O=C(NC(=S)Nc1ccc(NC(=O)c2cccc(Cl)c2)cc1)c1cccc(F)c1. The number of carbonyl (C=O) groups is 2. The minimum atomic E-state index is -0.521. The summed E-state index contributed by atoms with van der Waals surface area (Å²) in [7, 11) is 0. The standard InChI is InChI=1S/C21H15ClFN3O2S/c22-15-5-1-3-13(11-15)19(27)24-17-7-9-18(10-8-17)25-21(29)26-20(28)14-4-2-6-16(23)12-14/h1-12H,(H,24,27)(H2,25,26,28,29). The maximum Gasteiger partial charge on any atom is 0.257 e. The number of nitrogens with one attached hydrogen (secondary N) is 3. The molecule has 8 heteroatoms. The molecule has 0 aliphatic carbocycles. The minimum Gasteiger partial charge on any atom is -0.332 e. The van der Waals surface area contributed by atoms with Crippen LogP contribution in [0, 0.1) is 5.82 Å². The number of hydrogen-bond donors (Lipinski definition) is 3. The predicted molar refractivity (Wildman–Crippen MR) is 116 cm³/mol. The number of halogens is 2. The smallest absolute Gasteiger partial charge is 0.257 e. The summed E-state index contributed by atoms with van der Waals surface area (Å²) in [5, 5.41) is 8.63. The summed E-state index contributed by atoms with van der Waals surface area (Å²) >= 11 is 11.0. The molecule has 0 radical (unpaired) electrons. The Balaban J connectivity index is 1.56. The first-order chi connectivity index (χ1) is 13.9. The number of amides is 2. The molecule has 0 aliphatic rings. The first-order valence-corrected chi connectivity index (χ1v) is 9.24. The molecule has 0 aliphatic heterocycles. The van der Waals surface area contributed by atoms with Gasteiger partial charge in [0.15, 0.2) is 5.11 Å². The largest absolute Gasteiger partial charge is 0.332 e. The van der Waals surface area contributed by atoms with Crippen LogP contribution in [0.3, 0.4) is 0 Å². The van der Waals surface area contributed by atoms with Crippen LogP contribution in [0.15, 0.2) is 72.8 Å². The van der Waals surface area contributed by atoms with E-state index in [1.165, 1.54) is 18.2 Å². The first-order valence-electron chi connectivity index (χ1n) is 8.45. The van der Waals surface area contributed by atoms with Crippen molar-refractivity contribution in [2.24, 2.45) is 0 Å². The fourth-order valence-corrected chi connectivity index (χ4v) is 2.84. The minimum absolute atomic E-state index is 0.0648. The van der Waals surface area contributed by atoms with Crippen molar-refractivity contribution in [1.29, 1.82) is 0 Å². The Morgan fingerprint density at radius 2 is 1.38 bits per heavy atom. The molecule has 3 aromatic carbocycles. The third kappa shape index (κ3) is 5.84. The molecule has 29 heavy (non-hydrogen) atoms. The van der Waals surface area contributed by atoms with Crippen LogP contribution in [0.1, 0.15) is 20.7 Å². The van der Waals surface area contributed by atoms with E-state index in [-0.39, 0.29) is 16.6 Å². The molecule has 3 rings (SSSR count). The summed E-state index contributed by atoms with van der Waals surface area (Å²) in [6.45, 7) is 0. The molecule has 0 unspecified atom stereocenters. The van der Waals surface area contributed by atoms with Gasteiger partial charge in [-0.15, -0.1) is 0 Å². The quantitative estimate of drug-likeness (QED) is 0.520. The van der Waals surface area contributed by atoms with Gasteiger partial charge in [-0.3, -0.25) is 14.9 Å². The van der Waals surface area contributed by atoms with Crippen LogP contribution in [0.5, 0.6) is 0 Å². The average Bonchev–Trinajstić information content (AvgIpc) is 2.69. The van der Waals surface area contributed by atoms with Crippen LogP contribution in [0.25, 0.3) is 0 Å². The van der Waals surface area contributed by atoms with Gasteiger partial charge in [-0.2, -0.15) is 0 Å². The summed E-state index contributed by atoms with van der Waals surface area (Å²) in [6.07, 6.45) is 0. The first kappa shape index (κ1) is 20.4. The average molecular weight is 428 g/mol. The fourth-order valence-electron chi connectivity index (χ4n) is 2.44. The van der Waals surface area contributed by atoms with Gasteiger partial charge in [0.25, 0.3) is 11.8 Å². The van der Waals surface area contributed by atoms with E-state index in [0.29, 0.717) is 22.0 Å². The Kier molecular flexibility index (Phi) is 6.54. The second-order valence-electron chi connectivity index (χ2n) is 5.96. The van der Waals surface area contributed by atoms with Gasteiger partial charge in [-0.05, 0) is 72.9 Å². The molecule has 5 nitrogen and oxygen atoms in total. The number of thiocarbonyl (C=S) groups is 1. The van der Waals surface area contributed by atoms with Gasteiger partial charge in [0.05, 0.1) is 0 Å². The van der Waals surface area contributed by atoms with Gasteiger partial charge in [-0.25, -0.2) is 4.39 Å². The number of carbonyl (C=O) groups excluding carboxylic acids is 2. The molecule has 0 saturated heterocycles. The third-order valence-corrected chi connectivity index (χ3v) is 4.24. The second kappa shape index (κ2) is 9.27. The number of hydrogen-bond acceptors (Lipinski definition) is 3. The maximum absolute atomic E-state index is 13.2. The summed E-state index contributed by atoms with van der Waals surface area (Å²) < 4.78 is 13.2. The molecule has 0 heterocycles. The third-order valence-electron chi connectivity index (χ3n) is 3.80. The molecule has 0 atom stereocenters. The van der Waals surface area contributed by atoms with Crippen LogP contribution in [0.2, 0.25) is 5.02 Å². The van der Waals surface area contributed by atoms with Crippen LogP contribution >= 0.6 is 23.8 Å². The highest BCUT2D eigenvalue weighted by molar-refractivity contribution is 7.80. The molecule has 0 saturated carbocycles. The monoisotopic (exact) mass is 427 g/mol. The number of anilines is 2. The number of rotatable bonds is 4. The highest BCUT2D eigenvalue weighted by Gasteiger charge is 2.09. The lowest BCUT2D eigenvalue weighted by atomic mass is 10.2. The van der Waals surface area contributed by atoms with Gasteiger partial charge < -0.3 is 10.6 Å². The fraction of sp³-hybridized carbons (Fsp3) is 0. The zero-order valence-corrected chi connectivity index (χ0v) is 16.5. The van der Waals surface area contributed by atoms with E-state index in [1.54, 1.807) is 48.5 Å². The summed E-state index contributed by atoms with van der Waals surface area (Å²) in [6, 6.07) is 18.7. The predicted octanol–water partition coefficient (Wildman–Crippen LogP) is 4.86. The Hall–Kier alpha value is -3.29.